The Labute approximate surface area is 307 Å². The summed E-state index contributed by atoms with van der Waals surface area (Å²) in [7, 11) is 0. The average molecular weight is 736 g/mol. The standard InChI is InChI=1S/C36H49N9O6S/c1-36(2,3)21-45-33(50)27(52-35(45)51)20-22-14-16-24(17-15-22)30(47)42-26(13-9-19-41-34(39)40)31(48)43-25(12-7-8-18-37)32(49)44-28(29(38)46)23-10-5-4-6-11-23/h4-6,10-11,14-17,20,25-26,28H,7-9,12-13,18-19,21,37H2,1-3H3,(H2,38,46)(H,42,47)(H,43,48)(H,44,49)(H4,39,40,41)/b27-20-/t25-,26-,28-/m0/s1. The van der Waals surface area contributed by atoms with Crippen molar-refractivity contribution >= 4 is 58.6 Å². The lowest BCUT2D eigenvalue weighted by molar-refractivity contribution is -0.132. The minimum Gasteiger partial charge on any atom is -0.370 e. The summed E-state index contributed by atoms with van der Waals surface area (Å²) in [5, 5.41) is 7.78. The van der Waals surface area contributed by atoms with Crippen molar-refractivity contribution < 1.29 is 28.8 Å². The molecule has 15 nitrogen and oxygen atoms in total. The first-order valence-electron chi connectivity index (χ1n) is 17.0. The van der Waals surface area contributed by atoms with Crippen molar-refractivity contribution in [1.29, 1.82) is 0 Å². The largest absolute Gasteiger partial charge is 0.370 e. The van der Waals surface area contributed by atoms with Gasteiger partial charge in [0, 0.05) is 18.7 Å². The van der Waals surface area contributed by atoms with Crippen molar-refractivity contribution in [3.63, 3.8) is 0 Å². The number of primary amides is 1. The zero-order chi connectivity index (χ0) is 38.4. The summed E-state index contributed by atoms with van der Waals surface area (Å²) in [6, 6.07) is 11.5. The number of imide groups is 1. The first-order chi connectivity index (χ1) is 24.6. The molecule has 0 saturated carbocycles. The highest BCUT2D eigenvalue weighted by Gasteiger charge is 2.37. The number of unbranched alkanes of at least 4 members (excludes halogenated alkanes) is 1. The zero-order valence-electron chi connectivity index (χ0n) is 29.7. The molecule has 1 saturated heterocycles. The lowest BCUT2D eigenvalue weighted by Gasteiger charge is -2.25. The first kappa shape index (κ1) is 41.2. The highest BCUT2D eigenvalue weighted by molar-refractivity contribution is 8.18. The molecule has 3 rings (SSSR count). The summed E-state index contributed by atoms with van der Waals surface area (Å²) < 4.78 is 0. The third kappa shape index (κ3) is 12.8. The number of amides is 6. The van der Waals surface area contributed by atoms with Crippen LogP contribution in [0.3, 0.4) is 0 Å². The third-order valence-corrected chi connectivity index (χ3v) is 8.74. The number of hydrogen-bond donors (Lipinski definition) is 7. The van der Waals surface area contributed by atoms with Gasteiger partial charge in [-0.25, -0.2) is 0 Å². The van der Waals surface area contributed by atoms with E-state index in [1.807, 2.05) is 20.8 Å². The molecule has 0 aliphatic carbocycles. The van der Waals surface area contributed by atoms with Crippen LogP contribution in [-0.2, 0) is 19.2 Å². The highest BCUT2D eigenvalue weighted by Crippen LogP contribution is 2.34. The van der Waals surface area contributed by atoms with Crippen LogP contribution >= 0.6 is 11.8 Å². The van der Waals surface area contributed by atoms with Gasteiger partial charge in [-0.05, 0) is 85.2 Å². The molecule has 2 aromatic rings. The Kier molecular flexibility index (Phi) is 15.4. The van der Waals surface area contributed by atoms with Crippen molar-refractivity contribution in [3.8, 4) is 0 Å². The second-order valence-corrected chi connectivity index (χ2v) is 14.5. The summed E-state index contributed by atoms with van der Waals surface area (Å²) in [5.41, 5.74) is 23.2. The normalized spacial score (nSPS) is 15.5. The molecule has 0 radical (unpaired) electrons. The summed E-state index contributed by atoms with van der Waals surface area (Å²) in [4.78, 5) is 83.7. The smallest absolute Gasteiger partial charge is 0.293 e. The highest BCUT2D eigenvalue weighted by atomic mass is 32.2. The van der Waals surface area contributed by atoms with E-state index in [0.29, 0.717) is 36.9 Å². The molecule has 0 spiro atoms. The molecule has 0 unspecified atom stereocenters. The maximum atomic E-state index is 13.7. The Hall–Kier alpha value is -5.22. The first-order valence-corrected chi connectivity index (χ1v) is 17.8. The molecule has 11 N–H and O–H groups in total. The van der Waals surface area contributed by atoms with Crippen molar-refractivity contribution in [1.82, 2.24) is 20.9 Å². The number of guanidine groups is 1. The molecule has 0 bridgehead atoms. The maximum absolute atomic E-state index is 13.7. The number of aliphatic imine (C=N–C) groups is 1. The molecular weight excluding hydrogens is 687 g/mol. The van der Waals surface area contributed by atoms with Gasteiger partial charge in [0.25, 0.3) is 17.1 Å². The van der Waals surface area contributed by atoms with Gasteiger partial charge in [-0.2, -0.15) is 0 Å². The number of rotatable bonds is 18. The number of nitrogens with one attached hydrogen (secondary N) is 3. The quantitative estimate of drug-likeness (QED) is 0.0506. The maximum Gasteiger partial charge on any atom is 0.293 e. The van der Waals surface area contributed by atoms with Crippen LogP contribution in [0, 0.1) is 5.41 Å². The molecule has 1 heterocycles. The number of thioether (sulfide) groups is 1. The molecular formula is C36H49N9O6S. The number of benzene rings is 2. The van der Waals surface area contributed by atoms with Gasteiger partial charge < -0.3 is 38.9 Å². The van der Waals surface area contributed by atoms with Gasteiger partial charge in [-0.15, -0.1) is 0 Å². The van der Waals surface area contributed by atoms with E-state index in [0.717, 1.165) is 11.8 Å². The van der Waals surface area contributed by atoms with Gasteiger partial charge in [-0.3, -0.25) is 38.7 Å². The van der Waals surface area contributed by atoms with E-state index < -0.39 is 41.8 Å². The second kappa shape index (κ2) is 19.4. The van der Waals surface area contributed by atoms with E-state index in [-0.39, 0.29) is 58.9 Å². The molecule has 1 fully saturated rings. The van der Waals surface area contributed by atoms with Crippen LogP contribution in [-0.4, -0.2) is 77.4 Å². The Morgan fingerprint density at radius 2 is 1.46 bits per heavy atom. The molecule has 3 atom stereocenters. The molecule has 16 heteroatoms. The number of nitrogens with zero attached hydrogens (tertiary/aromatic N) is 2. The van der Waals surface area contributed by atoms with Crippen LogP contribution in [0.25, 0.3) is 6.08 Å². The monoisotopic (exact) mass is 735 g/mol. The second-order valence-electron chi connectivity index (χ2n) is 13.5. The lowest BCUT2D eigenvalue weighted by Crippen LogP contribution is -2.54. The van der Waals surface area contributed by atoms with Crippen molar-refractivity contribution in [3.05, 3.63) is 76.2 Å². The van der Waals surface area contributed by atoms with Gasteiger partial charge in [0.1, 0.15) is 18.1 Å². The Morgan fingerprint density at radius 3 is 2.06 bits per heavy atom. The van der Waals surface area contributed by atoms with Crippen molar-refractivity contribution in [2.45, 2.75) is 71.0 Å². The fraction of sp³-hybridized carbons (Fsp3) is 0.417. The van der Waals surface area contributed by atoms with Gasteiger partial charge >= 0.3 is 0 Å². The van der Waals surface area contributed by atoms with Crippen LogP contribution in [0.1, 0.15) is 80.4 Å². The van der Waals surface area contributed by atoms with E-state index in [1.54, 1.807) is 48.5 Å². The Balaban J connectivity index is 1.77. The summed E-state index contributed by atoms with van der Waals surface area (Å²) in [6.07, 6.45) is 3.33. The van der Waals surface area contributed by atoms with Crippen LogP contribution in [0.15, 0.2) is 64.5 Å². The molecule has 0 aromatic heterocycles. The molecule has 52 heavy (non-hydrogen) atoms. The minimum atomic E-state index is -1.13. The zero-order valence-corrected chi connectivity index (χ0v) is 30.5. The van der Waals surface area contributed by atoms with Crippen molar-refractivity contribution in [2.75, 3.05) is 19.6 Å². The summed E-state index contributed by atoms with van der Waals surface area (Å²) >= 11 is 0.859. The molecule has 1 aliphatic rings. The fourth-order valence-electron chi connectivity index (χ4n) is 5.25. The Morgan fingerprint density at radius 1 is 0.846 bits per heavy atom. The van der Waals surface area contributed by atoms with E-state index in [1.165, 1.54) is 17.0 Å². The average Bonchev–Trinajstić information content (AvgIpc) is 3.34. The minimum absolute atomic E-state index is 0.122. The predicted octanol–water partition coefficient (Wildman–Crippen LogP) is 1.88. The van der Waals surface area contributed by atoms with Crippen LogP contribution < -0.4 is 38.9 Å². The Bertz CT molecular complexity index is 1650. The van der Waals surface area contributed by atoms with Crippen LogP contribution in [0.4, 0.5) is 4.79 Å². The molecule has 280 valence electrons. The van der Waals surface area contributed by atoms with E-state index in [4.69, 9.17) is 22.9 Å². The fourth-order valence-corrected chi connectivity index (χ4v) is 6.09. The van der Waals surface area contributed by atoms with Gasteiger partial charge in [0.05, 0.1) is 4.91 Å². The van der Waals surface area contributed by atoms with Crippen molar-refractivity contribution in [2.24, 2.45) is 33.3 Å². The molecule has 6 amide bonds. The van der Waals surface area contributed by atoms with Gasteiger partial charge in [-0.1, -0.05) is 63.2 Å². The van der Waals surface area contributed by atoms with E-state index >= 15 is 0 Å². The number of carbonyl (C=O) groups excluding carboxylic acids is 6. The lowest BCUT2D eigenvalue weighted by atomic mass is 9.96. The van der Waals surface area contributed by atoms with Crippen LogP contribution in [0.2, 0.25) is 0 Å². The summed E-state index contributed by atoms with van der Waals surface area (Å²) in [6.45, 7) is 6.67. The number of carbonyl (C=O) groups is 6. The summed E-state index contributed by atoms with van der Waals surface area (Å²) in [5.74, 6) is -3.10. The number of hydrogen-bond acceptors (Lipinski definition) is 9. The van der Waals surface area contributed by atoms with Gasteiger partial charge in [0.15, 0.2) is 5.96 Å². The topological polar surface area (TPSA) is 258 Å². The molecule has 2 aromatic carbocycles. The number of nitrogens with two attached hydrogens (primary N) is 4. The van der Waals surface area contributed by atoms with Gasteiger partial charge in [0.2, 0.25) is 17.7 Å². The van der Waals surface area contributed by atoms with E-state index in [2.05, 4.69) is 20.9 Å². The molecule has 1 aliphatic heterocycles. The van der Waals surface area contributed by atoms with Crippen LogP contribution in [0.5, 0.6) is 0 Å². The SMILES string of the molecule is CC(C)(C)CN1C(=O)S/C(=C\c2ccc(C(=O)N[C@@H](CCCN=C(N)N)C(=O)N[C@@H](CCCCN)C(=O)N[C@H](C(N)=O)c3ccccc3)cc2)C1=O. The third-order valence-electron chi connectivity index (χ3n) is 7.83. The predicted molar refractivity (Wildman–Crippen MR) is 201 cm³/mol. The van der Waals surface area contributed by atoms with E-state index in [9.17, 15) is 28.8 Å².